The summed E-state index contributed by atoms with van der Waals surface area (Å²) >= 11 is 0. The predicted octanol–water partition coefficient (Wildman–Crippen LogP) is 2.64. The average molecular weight is 472 g/mol. The predicted molar refractivity (Wildman–Crippen MR) is 119 cm³/mol. The van der Waals surface area contributed by atoms with Crippen LogP contribution in [0.5, 0.6) is 0 Å². The smallest absolute Gasteiger partial charge is 0.329 e. The van der Waals surface area contributed by atoms with Crippen molar-refractivity contribution in [2.24, 2.45) is 0 Å². The van der Waals surface area contributed by atoms with Crippen LogP contribution in [-0.4, -0.2) is 27.0 Å². The minimum Gasteiger partial charge on any atom is -0.350 e. The molecule has 0 radical (unpaired) electrons. The fourth-order valence-electron chi connectivity index (χ4n) is 5.27. The van der Waals surface area contributed by atoms with E-state index in [4.69, 9.17) is 0 Å². The normalized spacial score (nSPS) is 22.3. The summed E-state index contributed by atoms with van der Waals surface area (Å²) < 4.78 is 41.9. The number of H-pyrrole nitrogens is 1. The molecular formula is C24H23F3N4O3. The molecule has 2 aliphatic heterocycles. The summed E-state index contributed by atoms with van der Waals surface area (Å²) in [5.41, 5.74) is -1.75. The first kappa shape index (κ1) is 22.4. The first-order valence-corrected chi connectivity index (χ1v) is 11.2. The number of carbonyl (C=O) groups excluding carboxylic acids is 1. The molecule has 2 aromatic carbocycles. The molecule has 10 heteroatoms. The summed E-state index contributed by atoms with van der Waals surface area (Å²) in [5, 5.41) is 6.03. The van der Waals surface area contributed by atoms with Gasteiger partial charge < -0.3 is 15.6 Å². The van der Waals surface area contributed by atoms with Gasteiger partial charge in [-0.2, -0.15) is 0 Å². The quantitative estimate of drug-likeness (QED) is 0.514. The summed E-state index contributed by atoms with van der Waals surface area (Å²) in [6.45, 7) is -0.251. The second-order valence-corrected chi connectivity index (χ2v) is 9.17. The molecule has 1 aromatic heterocycles. The topological polar surface area (TPSA) is 96.0 Å². The van der Waals surface area contributed by atoms with Gasteiger partial charge in [-0.3, -0.25) is 9.59 Å². The number of halogens is 3. The fraction of sp³-hybridized carbons (Fsp3) is 0.375. The van der Waals surface area contributed by atoms with Gasteiger partial charge in [0.25, 0.3) is 5.56 Å². The van der Waals surface area contributed by atoms with Crippen molar-refractivity contribution < 1.29 is 18.0 Å². The zero-order chi connectivity index (χ0) is 24.0. The van der Waals surface area contributed by atoms with Crippen LogP contribution in [0.2, 0.25) is 0 Å². The number of hydrogen-bond acceptors (Lipinski definition) is 4. The maximum absolute atomic E-state index is 14.1. The maximum atomic E-state index is 14.1. The van der Waals surface area contributed by atoms with Gasteiger partial charge in [0.15, 0.2) is 0 Å². The van der Waals surface area contributed by atoms with Crippen LogP contribution >= 0.6 is 0 Å². The molecule has 2 saturated heterocycles. The van der Waals surface area contributed by atoms with Crippen LogP contribution < -0.4 is 21.9 Å². The third kappa shape index (κ3) is 4.02. The molecular weight excluding hydrogens is 449 g/mol. The summed E-state index contributed by atoms with van der Waals surface area (Å²) in [7, 11) is 0. The van der Waals surface area contributed by atoms with Crippen molar-refractivity contribution in [3.63, 3.8) is 0 Å². The van der Waals surface area contributed by atoms with E-state index in [1.807, 2.05) is 0 Å². The Morgan fingerprint density at radius 2 is 1.79 bits per heavy atom. The Labute approximate surface area is 192 Å². The van der Waals surface area contributed by atoms with Crippen molar-refractivity contribution in [3.05, 3.63) is 80.3 Å². The van der Waals surface area contributed by atoms with Crippen LogP contribution in [0.4, 0.5) is 13.2 Å². The van der Waals surface area contributed by atoms with E-state index in [-0.39, 0.29) is 29.4 Å². The Hall–Kier alpha value is -3.40. The van der Waals surface area contributed by atoms with Crippen molar-refractivity contribution in [2.45, 2.75) is 56.3 Å². The van der Waals surface area contributed by atoms with Gasteiger partial charge in [0.05, 0.1) is 10.9 Å². The first-order chi connectivity index (χ1) is 16.2. The number of nitrogens with one attached hydrogen (secondary N) is 3. The minimum atomic E-state index is -1.21. The fourth-order valence-corrected chi connectivity index (χ4v) is 5.27. The van der Waals surface area contributed by atoms with Gasteiger partial charge in [0.1, 0.15) is 23.5 Å². The second-order valence-electron chi connectivity index (χ2n) is 9.17. The molecule has 5 rings (SSSR count). The van der Waals surface area contributed by atoms with Crippen LogP contribution in [0, 0.1) is 17.5 Å². The number of nitrogens with zero attached hydrogens (tertiary/aromatic N) is 1. The van der Waals surface area contributed by atoms with Gasteiger partial charge in [-0.1, -0.05) is 6.07 Å². The number of aromatic nitrogens is 2. The Bertz CT molecular complexity index is 1390. The number of carbonyl (C=O) groups is 1. The molecule has 0 aliphatic carbocycles. The molecule has 3 N–H and O–H groups in total. The van der Waals surface area contributed by atoms with Crippen LogP contribution in [0.3, 0.4) is 0 Å². The molecule has 3 heterocycles. The van der Waals surface area contributed by atoms with Crippen molar-refractivity contribution >= 4 is 16.8 Å². The van der Waals surface area contributed by atoms with Crippen molar-refractivity contribution in [2.75, 3.05) is 0 Å². The van der Waals surface area contributed by atoms with E-state index >= 15 is 0 Å². The summed E-state index contributed by atoms with van der Waals surface area (Å²) in [5.74, 6) is -2.86. The highest BCUT2D eigenvalue weighted by atomic mass is 19.1. The standard InChI is InChI=1S/C24H23F3N4O3/c25-14-3-4-19-17(9-14)22(33)31(23(34)29-19)20(11-24-7-5-16(30-24)6-8-24)21(32)28-12-13-1-2-15(26)10-18(13)27/h1-4,9-10,16,20,30H,5-8,11-12H2,(H,28,32)(H,29,34). The Morgan fingerprint density at radius 3 is 2.47 bits per heavy atom. The molecule has 7 nitrogen and oxygen atoms in total. The molecule has 0 spiro atoms. The van der Waals surface area contributed by atoms with Crippen molar-refractivity contribution in [1.29, 1.82) is 0 Å². The molecule has 2 bridgehead atoms. The zero-order valence-corrected chi connectivity index (χ0v) is 18.2. The Balaban J connectivity index is 1.53. The van der Waals surface area contributed by atoms with Crippen LogP contribution in [-0.2, 0) is 11.3 Å². The summed E-state index contributed by atoms with van der Waals surface area (Å²) in [6, 6.07) is 5.57. The lowest BCUT2D eigenvalue weighted by Crippen LogP contribution is -2.49. The lowest BCUT2D eigenvalue weighted by Gasteiger charge is -2.31. The molecule has 1 atom stereocenters. The molecule has 2 fully saturated rings. The van der Waals surface area contributed by atoms with Crippen molar-refractivity contribution in [3.8, 4) is 0 Å². The van der Waals surface area contributed by atoms with Gasteiger partial charge in [-0.05, 0) is 56.4 Å². The van der Waals surface area contributed by atoms with E-state index in [0.717, 1.165) is 48.4 Å². The van der Waals surface area contributed by atoms with Gasteiger partial charge in [0.2, 0.25) is 5.91 Å². The highest BCUT2D eigenvalue weighted by molar-refractivity contribution is 5.82. The Morgan fingerprint density at radius 1 is 1.09 bits per heavy atom. The van der Waals surface area contributed by atoms with E-state index in [2.05, 4.69) is 15.6 Å². The van der Waals surface area contributed by atoms with Gasteiger partial charge in [-0.25, -0.2) is 22.5 Å². The van der Waals surface area contributed by atoms with E-state index < -0.39 is 46.2 Å². The molecule has 2 aliphatic rings. The molecule has 34 heavy (non-hydrogen) atoms. The highest BCUT2D eigenvalue weighted by Gasteiger charge is 2.47. The molecule has 1 amide bonds. The number of amides is 1. The third-order valence-electron chi connectivity index (χ3n) is 7.01. The average Bonchev–Trinajstić information content (AvgIpc) is 3.39. The van der Waals surface area contributed by atoms with Crippen LogP contribution in [0.1, 0.15) is 43.7 Å². The van der Waals surface area contributed by atoms with E-state index in [1.54, 1.807) is 0 Å². The van der Waals surface area contributed by atoms with E-state index in [9.17, 15) is 27.6 Å². The Kier molecular flexibility index (Phi) is 5.55. The van der Waals surface area contributed by atoms with E-state index in [0.29, 0.717) is 12.1 Å². The van der Waals surface area contributed by atoms with Crippen LogP contribution in [0.15, 0.2) is 46.0 Å². The highest BCUT2D eigenvalue weighted by Crippen LogP contribution is 2.42. The maximum Gasteiger partial charge on any atom is 0.329 e. The number of hydrogen-bond donors (Lipinski definition) is 3. The molecule has 3 aromatic rings. The summed E-state index contributed by atoms with van der Waals surface area (Å²) in [4.78, 5) is 42.1. The van der Waals surface area contributed by atoms with Crippen molar-refractivity contribution in [1.82, 2.24) is 20.2 Å². The lowest BCUT2D eigenvalue weighted by molar-refractivity contribution is -0.125. The molecule has 1 unspecified atom stereocenters. The molecule has 0 saturated carbocycles. The van der Waals surface area contributed by atoms with E-state index in [1.165, 1.54) is 12.1 Å². The van der Waals surface area contributed by atoms with Crippen LogP contribution in [0.25, 0.3) is 10.9 Å². The van der Waals surface area contributed by atoms with Gasteiger partial charge in [-0.15, -0.1) is 0 Å². The lowest BCUT2D eigenvalue weighted by atomic mass is 9.82. The zero-order valence-electron chi connectivity index (χ0n) is 18.2. The minimum absolute atomic E-state index is 0.0526. The largest absolute Gasteiger partial charge is 0.350 e. The monoisotopic (exact) mass is 472 g/mol. The number of fused-ring (bicyclic) bond motifs is 3. The first-order valence-electron chi connectivity index (χ1n) is 11.2. The summed E-state index contributed by atoms with van der Waals surface area (Å²) in [6.07, 6.45) is 3.63. The molecule has 178 valence electrons. The number of benzene rings is 2. The second kappa shape index (κ2) is 8.43. The SMILES string of the molecule is O=C(NCc1ccc(F)cc1F)C(CC12CCC(CC1)N2)n1c(=O)[nH]c2ccc(F)cc2c1=O. The number of rotatable bonds is 6. The van der Waals surface area contributed by atoms with Gasteiger partial charge >= 0.3 is 5.69 Å². The third-order valence-corrected chi connectivity index (χ3v) is 7.01. The van der Waals surface area contributed by atoms with Gasteiger partial charge in [0, 0.05) is 29.8 Å². The number of aromatic amines is 1.